The molecular formula is C19H17I. The van der Waals surface area contributed by atoms with Gasteiger partial charge in [0.1, 0.15) is 0 Å². The molecule has 1 atom stereocenters. The van der Waals surface area contributed by atoms with Crippen molar-refractivity contribution in [3.63, 3.8) is 0 Å². The summed E-state index contributed by atoms with van der Waals surface area (Å²) in [5.74, 6) is 0.342. The number of halogens is 1. The SMILES string of the molecule is Cc1ccccc1C(C1=CC=IC=C1)c1ccccc1. The Morgan fingerprint density at radius 1 is 0.900 bits per heavy atom. The first kappa shape index (κ1) is 13.5. The van der Waals surface area contributed by atoms with Crippen LogP contribution in [0, 0.1) is 6.92 Å². The van der Waals surface area contributed by atoms with E-state index in [4.69, 9.17) is 0 Å². The van der Waals surface area contributed by atoms with Crippen LogP contribution in [0.25, 0.3) is 0 Å². The minimum Gasteiger partial charge on any atom is -0.0937 e. The van der Waals surface area contributed by atoms with E-state index < -0.39 is 0 Å². The van der Waals surface area contributed by atoms with Crippen molar-refractivity contribution in [2.45, 2.75) is 12.8 Å². The minimum atomic E-state index is 0.132. The van der Waals surface area contributed by atoms with Crippen LogP contribution in [0.5, 0.6) is 0 Å². The standard InChI is InChI=1S/C19H17I/c1-15-7-5-6-10-18(15)19(16-8-3-2-4-9-16)17-11-13-20-14-12-17/h2-14,19H,1H3. The van der Waals surface area contributed by atoms with Crippen LogP contribution in [0.1, 0.15) is 22.6 Å². The Labute approximate surface area is 130 Å². The summed E-state index contributed by atoms with van der Waals surface area (Å²) >= 11 is 0.132. The summed E-state index contributed by atoms with van der Waals surface area (Å²) in [6.45, 7) is 2.20. The van der Waals surface area contributed by atoms with Crippen LogP contribution in [0.15, 0.2) is 76.4 Å². The van der Waals surface area contributed by atoms with Crippen molar-refractivity contribution in [1.29, 1.82) is 0 Å². The van der Waals surface area contributed by atoms with Gasteiger partial charge in [-0.1, -0.05) is 87.5 Å². The van der Waals surface area contributed by atoms with Gasteiger partial charge in [0.2, 0.25) is 0 Å². The number of rotatable bonds is 3. The predicted octanol–water partition coefficient (Wildman–Crippen LogP) is 5.35. The average Bonchev–Trinajstić information content (AvgIpc) is 2.52. The Bertz CT molecular complexity index is 678. The highest BCUT2D eigenvalue weighted by Gasteiger charge is 2.19. The summed E-state index contributed by atoms with van der Waals surface area (Å²) in [5, 5.41) is 0. The van der Waals surface area contributed by atoms with Gasteiger partial charge in [-0.25, -0.2) is 0 Å². The Morgan fingerprint density at radius 2 is 1.65 bits per heavy atom. The Hall–Kier alpha value is -1.48. The fourth-order valence-corrected chi connectivity index (χ4v) is 4.10. The van der Waals surface area contributed by atoms with Gasteiger partial charge >= 0.3 is 0 Å². The zero-order valence-corrected chi connectivity index (χ0v) is 13.6. The van der Waals surface area contributed by atoms with E-state index in [1.807, 2.05) is 0 Å². The van der Waals surface area contributed by atoms with Crippen molar-refractivity contribution in [3.8, 4) is 0 Å². The largest absolute Gasteiger partial charge is 0.0937 e. The fourth-order valence-electron chi connectivity index (χ4n) is 2.62. The highest BCUT2D eigenvalue weighted by atomic mass is 127. The normalized spacial score (nSPS) is 15.3. The molecule has 0 bridgehead atoms. The van der Waals surface area contributed by atoms with Crippen LogP contribution in [-0.4, -0.2) is 4.01 Å². The Balaban J connectivity index is 2.14. The molecule has 1 heterocycles. The van der Waals surface area contributed by atoms with E-state index in [1.165, 1.54) is 22.3 Å². The maximum atomic E-state index is 2.35. The summed E-state index contributed by atoms with van der Waals surface area (Å²) in [6.07, 6.45) is 4.63. The second-order valence-electron chi connectivity index (χ2n) is 4.91. The first-order chi connectivity index (χ1) is 9.86. The third-order valence-electron chi connectivity index (χ3n) is 3.62. The zero-order chi connectivity index (χ0) is 13.8. The van der Waals surface area contributed by atoms with Crippen molar-refractivity contribution < 1.29 is 0 Å². The van der Waals surface area contributed by atoms with Crippen molar-refractivity contribution >= 4 is 24.7 Å². The van der Waals surface area contributed by atoms with Gasteiger partial charge in [-0.05, 0) is 37.3 Å². The molecule has 0 radical (unpaired) electrons. The lowest BCUT2D eigenvalue weighted by Crippen LogP contribution is -2.06. The molecule has 1 aliphatic rings. The maximum absolute atomic E-state index is 2.35. The summed E-state index contributed by atoms with van der Waals surface area (Å²) < 4.78 is 4.70. The lowest BCUT2D eigenvalue weighted by molar-refractivity contribution is 0.965. The summed E-state index contributed by atoms with van der Waals surface area (Å²) in [4.78, 5) is 0. The summed E-state index contributed by atoms with van der Waals surface area (Å²) in [6, 6.07) is 19.5. The van der Waals surface area contributed by atoms with E-state index in [9.17, 15) is 0 Å². The van der Waals surface area contributed by atoms with Crippen LogP contribution in [0.2, 0.25) is 0 Å². The second kappa shape index (κ2) is 6.31. The van der Waals surface area contributed by atoms with E-state index in [0.29, 0.717) is 5.92 Å². The molecule has 0 saturated heterocycles. The monoisotopic (exact) mass is 372 g/mol. The number of hydrogen-bond donors (Lipinski definition) is 0. The van der Waals surface area contributed by atoms with E-state index in [2.05, 4.69) is 81.8 Å². The van der Waals surface area contributed by atoms with E-state index in [-0.39, 0.29) is 20.7 Å². The zero-order valence-electron chi connectivity index (χ0n) is 11.5. The molecule has 0 amide bonds. The molecule has 0 spiro atoms. The highest BCUT2D eigenvalue weighted by molar-refractivity contribution is 14.2. The quantitative estimate of drug-likeness (QED) is 0.637. The average molecular weight is 372 g/mol. The smallest absolute Gasteiger partial charge is 0.0342 e. The van der Waals surface area contributed by atoms with E-state index >= 15 is 0 Å². The first-order valence-electron chi connectivity index (χ1n) is 6.78. The van der Waals surface area contributed by atoms with Crippen LogP contribution in [0.3, 0.4) is 0 Å². The molecule has 3 rings (SSSR count). The van der Waals surface area contributed by atoms with Crippen LogP contribution in [-0.2, 0) is 0 Å². The van der Waals surface area contributed by atoms with Gasteiger partial charge in [0.25, 0.3) is 0 Å². The molecule has 0 N–H and O–H groups in total. The molecule has 0 aliphatic carbocycles. The van der Waals surface area contributed by atoms with E-state index in [0.717, 1.165) is 0 Å². The fraction of sp³-hybridized carbons (Fsp3) is 0.105. The van der Waals surface area contributed by atoms with Crippen LogP contribution < -0.4 is 0 Å². The van der Waals surface area contributed by atoms with Gasteiger partial charge in [0.05, 0.1) is 0 Å². The lowest BCUT2D eigenvalue weighted by atomic mass is 9.82. The van der Waals surface area contributed by atoms with Crippen molar-refractivity contribution in [2.24, 2.45) is 0 Å². The Morgan fingerprint density at radius 3 is 2.35 bits per heavy atom. The molecule has 0 fully saturated rings. The highest BCUT2D eigenvalue weighted by Crippen LogP contribution is 2.35. The number of allylic oxidation sites excluding steroid dienone is 3. The van der Waals surface area contributed by atoms with Gasteiger partial charge < -0.3 is 0 Å². The number of hydrogen-bond acceptors (Lipinski definition) is 0. The molecule has 0 aromatic heterocycles. The molecule has 0 nitrogen and oxygen atoms in total. The number of benzene rings is 2. The first-order valence-corrected chi connectivity index (χ1v) is 9.28. The van der Waals surface area contributed by atoms with Crippen molar-refractivity contribution in [3.05, 3.63) is 93.1 Å². The van der Waals surface area contributed by atoms with Crippen molar-refractivity contribution in [2.75, 3.05) is 0 Å². The number of aryl methyl sites for hydroxylation is 1. The summed E-state index contributed by atoms with van der Waals surface area (Å²) in [7, 11) is 0. The van der Waals surface area contributed by atoms with Gasteiger partial charge in [0, 0.05) is 5.92 Å². The summed E-state index contributed by atoms with van der Waals surface area (Å²) in [5.41, 5.74) is 5.53. The van der Waals surface area contributed by atoms with Crippen LogP contribution >= 0.6 is 20.7 Å². The lowest BCUT2D eigenvalue weighted by Gasteiger charge is -2.22. The minimum absolute atomic E-state index is 0.132. The van der Waals surface area contributed by atoms with Crippen LogP contribution in [0.4, 0.5) is 0 Å². The predicted molar refractivity (Wildman–Crippen MR) is 96.8 cm³/mol. The third-order valence-corrected chi connectivity index (χ3v) is 5.17. The molecule has 2 aromatic carbocycles. The van der Waals surface area contributed by atoms with Gasteiger partial charge in [-0.2, -0.15) is 0 Å². The molecule has 1 aliphatic heterocycles. The van der Waals surface area contributed by atoms with Crippen molar-refractivity contribution in [1.82, 2.24) is 0 Å². The van der Waals surface area contributed by atoms with Gasteiger partial charge in [-0.3, -0.25) is 0 Å². The Kier molecular flexibility index (Phi) is 4.26. The maximum Gasteiger partial charge on any atom is 0.0342 e. The molecule has 1 heteroatoms. The van der Waals surface area contributed by atoms with Gasteiger partial charge in [-0.15, -0.1) is 0 Å². The molecule has 0 saturated carbocycles. The second-order valence-corrected chi connectivity index (χ2v) is 7.07. The van der Waals surface area contributed by atoms with Gasteiger partial charge in [0.15, 0.2) is 0 Å². The molecule has 100 valence electrons. The van der Waals surface area contributed by atoms with E-state index in [1.54, 1.807) is 0 Å². The molecule has 1 unspecified atom stereocenters. The topological polar surface area (TPSA) is 0 Å². The molecule has 20 heavy (non-hydrogen) atoms. The molecular weight excluding hydrogens is 355 g/mol. The molecule has 2 aromatic rings. The third kappa shape index (κ3) is 2.83.